The predicted molar refractivity (Wildman–Crippen MR) is 64.4 cm³/mol. The monoisotopic (exact) mass is 288 g/mol. The topological polar surface area (TPSA) is 127 Å². The summed E-state index contributed by atoms with van der Waals surface area (Å²) in [7, 11) is -3.73. The molecule has 1 unspecified atom stereocenters. The lowest BCUT2D eigenvalue weighted by Crippen LogP contribution is -2.16. The van der Waals surface area contributed by atoms with E-state index in [1.807, 2.05) is 0 Å². The Labute approximate surface area is 109 Å². The summed E-state index contributed by atoms with van der Waals surface area (Å²) in [6, 6.07) is 2.08. The average Bonchev–Trinajstić information content (AvgIpc) is 2.36. The van der Waals surface area contributed by atoms with E-state index in [9.17, 15) is 23.3 Å². The van der Waals surface area contributed by atoms with Crippen LogP contribution in [0.2, 0.25) is 0 Å². The molecule has 0 spiro atoms. The van der Waals surface area contributed by atoms with Gasteiger partial charge in [-0.15, -0.1) is 0 Å². The molecule has 0 aliphatic heterocycles. The normalized spacial score (nSPS) is 12.9. The van der Waals surface area contributed by atoms with Crippen molar-refractivity contribution in [3.05, 3.63) is 28.4 Å². The quantitative estimate of drug-likeness (QED) is 0.607. The van der Waals surface area contributed by atoms with Crippen molar-refractivity contribution in [1.82, 2.24) is 4.98 Å². The van der Waals surface area contributed by atoms with E-state index in [-0.39, 0.29) is 22.9 Å². The molecule has 1 aromatic rings. The Bertz CT molecular complexity index is 581. The average molecular weight is 288 g/mol. The predicted octanol–water partition coefficient (Wildman–Crippen LogP) is 0.874. The van der Waals surface area contributed by atoms with Gasteiger partial charge in [-0.1, -0.05) is 6.92 Å². The number of carbonyl (C=O) groups is 1. The van der Waals surface area contributed by atoms with Crippen LogP contribution in [0, 0.1) is 16.0 Å². The van der Waals surface area contributed by atoms with Gasteiger partial charge in [0, 0.05) is 6.07 Å². The van der Waals surface area contributed by atoms with Gasteiger partial charge in [0.15, 0.2) is 14.9 Å². The number of carboxylic acid groups (broad SMARTS) is 1. The molecule has 104 valence electrons. The summed E-state index contributed by atoms with van der Waals surface area (Å²) in [6.07, 6.45) is 0.809. The summed E-state index contributed by atoms with van der Waals surface area (Å²) in [5, 5.41) is 18.8. The zero-order valence-electron chi connectivity index (χ0n) is 10.0. The fourth-order valence-corrected chi connectivity index (χ4v) is 2.59. The van der Waals surface area contributed by atoms with E-state index in [2.05, 4.69) is 4.98 Å². The van der Waals surface area contributed by atoms with Crippen LogP contribution in [0.4, 0.5) is 5.69 Å². The summed E-state index contributed by atoms with van der Waals surface area (Å²) in [4.78, 5) is 23.8. The van der Waals surface area contributed by atoms with Gasteiger partial charge in [0.25, 0.3) is 5.69 Å². The molecule has 1 aromatic heterocycles. The number of aromatic nitrogens is 1. The van der Waals surface area contributed by atoms with E-state index in [1.165, 1.54) is 6.92 Å². The first-order chi connectivity index (χ1) is 8.74. The van der Waals surface area contributed by atoms with Crippen molar-refractivity contribution in [3.8, 4) is 0 Å². The van der Waals surface area contributed by atoms with Crippen LogP contribution in [0.1, 0.15) is 13.3 Å². The van der Waals surface area contributed by atoms with Crippen LogP contribution < -0.4 is 0 Å². The van der Waals surface area contributed by atoms with Crippen LogP contribution in [-0.4, -0.2) is 35.2 Å². The molecule has 0 fully saturated rings. The summed E-state index contributed by atoms with van der Waals surface area (Å²) < 4.78 is 23.6. The maximum Gasteiger partial charge on any atom is 0.306 e. The van der Waals surface area contributed by atoms with Gasteiger partial charge >= 0.3 is 5.97 Å². The molecule has 0 aromatic carbocycles. The Morgan fingerprint density at radius 2 is 2.16 bits per heavy atom. The molecule has 1 atom stereocenters. The zero-order chi connectivity index (χ0) is 14.6. The maximum atomic E-state index is 11.8. The molecule has 1 rings (SSSR count). The Kier molecular flexibility index (Phi) is 4.54. The second-order valence-electron chi connectivity index (χ2n) is 3.96. The first-order valence-electron chi connectivity index (χ1n) is 5.30. The van der Waals surface area contributed by atoms with E-state index < -0.39 is 26.6 Å². The van der Waals surface area contributed by atoms with Crippen LogP contribution in [-0.2, 0) is 14.6 Å². The smallest absolute Gasteiger partial charge is 0.306 e. The van der Waals surface area contributed by atoms with E-state index >= 15 is 0 Å². The van der Waals surface area contributed by atoms with Crippen LogP contribution >= 0.6 is 0 Å². The number of rotatable bonds is 6. The Morgan fingerprint density at radius 3 is 2.58 bits per heavy atom. The minimum absolute atomic E-state index is 0.0453. The molecule has 1 N–H and O–H groups in total. The summed E-state index contributed by atoms with van der Waals surface area (Å²) in [5.41, 5.74) is -0.308. The highest BCUT2D eigenvalue weighted by molar-refractivity contribution is 7.91. The lowest BCUT2D eigenvalue weighted by molar-refractivity contribution is -0.385. The second kappa shape index (κ2) is 5.74. The molecule has 0 saturated heterocycles. The van der Waals surface area contributed by atoms with Gasteiger partial charge in [0.05, 0.1) is 16.6 Å². The van der Waals surface area contributed by atoms with Gasteiger partial charge < -0.3 is 5.11 Å². The van der Waals surface area contributed by atoms with Gasteiger partial charge in [-0.25, -0.2) is 13.4 Å². The van der Waals surface area contributed by atoms with Crippen LogP contribution in [0.25, 0.3) is 0 Å². The fourth-order valence-electron chi connectivity index (χ4n) is 1.22. The Balaban J connectivity index is 2.83. The summed E-state index contributed by atoms with van der Waals surface area (Å²) in [5.74, 6) is -2.23. The van der Waals surface area contributed by atoms with Crippen LogP contribution in [0.5, 0.6) is 0 Å². The van der Waals surface area contributed by atoms with Gasteiger partial charge in [-0.3, -0.25) is 14.9 Å². The van der Waals surface area contributed by atoms with Gasteiger partial charge in [-0.2, -0.15) is 0 Å². The van der Waals surface area contributed by atoms with Crippen molar-refractivity contribution in [2.45, 2.75) is 18.4 Å². The minimum Gasteiger partial charge on any atom is -0.481 e. The Morgan fingerprint density at radius 1 is 1.53 bits per heavy atom. The van der Waals surface area contributed by atoms with Crippen molar-refractivity contribution in [2.24, 2.45) is 5.92 Å². The molecule has 0 bridgehead atoms. The first-order valence-corrected chi connectivity index (χ1v) is 6.95. The first kappa shape index (κ1) is 15.0. The second-order valence-corrected chi connectivity index (χ2v) is 6.01. The SMILES string of the molecule is CC(CCS(=O)(=O)c1ccc([N+](=O)[O-])cn1)C(=O)O. The number of carboxylic acids is 1. The number of hydrogen-bond acceptors (Lipinski definition) is 6. The van der Waals surface area contributed by atoms with Gasteiger partial charge in [0.1, 0.15) is 6.20 Å². The standard InChI is InChI=1S/C10H12N2O6S/c1-7(10(13)14)4-5-19(17,18)9-3-2-8(6-11-9)12(15)16/h2-3,6-7H,4-5H2,1H3,(H,13,14). The molecule has 0 aliphatic rings. The van der Waals surface area contributed by atoms with Gasteiger partial charge in [-0.05, 0) is 12.5 Å². The molecule has 8 nitrogen and oxygen atoms in total. The van der Waals surface area contributed by atoms with Crippen LogP contribution in [0.3, 0.4) is 0 Å². The van der Waals surface area contributed by atoms with Crippen molar-refractivity contribution in [3.63, 3.8) is 0 Å². The Hall–Kier alpha value is -2.03. The molecule has 0 saturated carbocycles. The maximum absolute atomic E-state index is 11.8. The molecule has 0 amide bonds. The van der Waals surface area contributed by atoms with E-state index in [0.717, 1.165) is 18.3 Å². The lowest BCUT2D eigenvalue weighted by Gasteiger charge is -2.06. The number of hydrogen-bond donors (Lipinski definition) is 1. The third kappa shape index (κ3) is 3.98. The van der Waals surface area contributed by atoms with E-state index in [4.69, 9.17) is 5.11 Å². The van der Waals surface area contributed by atoms with E-state index in [0.29, 0.717) is 0 Å². The van der Waals surface area contributed by atoms with E-state index in [1.54, 1.807) is 0 Å². The molecule has 1 heterocycles. The van der Waals surface area contributed by atoms with Crippen molar-refractivity contribution in [2.75, 3.05) is 5.75 Å². The van der Waals surface area contributed by atoms with Crippen molar-refractivity contribution >= 4 is 21.5 Å². The molecule has 0 aliphatic carbocycles. The molecule has 19 heavy (non-hydrogen) atoms. The third-order valence-corrected chi connectivity index (χ3v) is 4.14. The largest absolute Gasteiger partial charge is 0.481 e. The number of pyridine rings is 1. The van der Waals surface area contributed by atoms with Gasteiger partial charge in [0.2, 0.25) is 0 Å². The highest BCUT2D eigenvalue weighted by Gasteiger charge is 2.21. The third-order valence-electron chi connectivity index (χ3n) is 2.49. The molecule has 9 heteroatoms. The summed E-state index contributed by atoms with van der Waals surface area (Å²) in [6.45, 7) is 1.40. The number of nitrogens with zero attached hydrogens (tertiary/aromatic N) is 2. The zero-order valence-corrected chi connectivity index (χ0v) is 10.8. The summed E-state index contributed by atoms with van der Waals surface area (Å²) >= 11 is 0. The highest BCUT2D eigenvalue weighted by atomic mass is 32.2. The molecular formula is C10H12N2O6S. The van der Waals surface area contributed by atoms with Crippen molar-refractivity contribution in [1.29, 1.82) is 0 Å². The minimum atomic E-state index is -3.73. The lowest BCUT2D eigenvalue weighted by atomic mass is 10.1. The van der Waals surface area contributed by atoms with Crippen LogP contribution in [0.15, 0.2) is 23.4 Å². The van der Waals surface area contributed by atoms with Crippen molar-refractivity contribution < 1.29 is 23.2 Å². The number of aliphatic carboxylic acids is 1. The molecular weight excluding hydrogens is 276 g/mol. The number of sulfone groups is 1. The molecule has 0 radical (unpaired) electrons. The fraction of sp³-hybridized carbons (Fsp3) is 0.400. The highest BCUT2D eigenvalue weighted by Crippen LogP contribution is 2.15. The number of nitro groups is 1.